The Morgan fingerprint density at radius 1 is 0.966 bits per heavy atom. The number of nitrogens with one attached hydrogen (secondary N) is 1. The number of hydrogen-bond donors (Lipinski definition) is 1. The van der Waals surface area contributed by atoms with E-state index in [-0.39, 0.29) is 35.3 Å². The molecule has 29 heavy (non-hydrogen) atoms. The molecular formula is C24H20FIN2S. The van der Waals surface area contributed by atoms with E-state index in [4.69, 9.17) is 0 Å². The molecule has 0 saturated carbocycles. The number of fused-ring (bicyclic) bond motifs is 2. The van der Waals surface area contributed by atoms with E-state index >= 15 is 4.39 Å². The fourth-order valence-corrected chi connectivity index (χ4v) is 4.91. The third-order valence-electron chi connectivity index (χ3n) is 5.06. The lowest BCUT2D eigenvalue weighted by atomic mass is 9.98. The van der Waals surface area contributed by atoms with Crippen molar-refractivity contribution in [3.05, 3.63) is 102 Å². The predicted octanol–water partition coefficient (Wildman–Crippen LogP) is 7.50. The van der Waals surface area contributed by atoms with Gasteiger partial charge in [0.05, 0.1) is 16.7 Å². The minimum Gasteiger partial charge on any atom is -0.369 e. The van der Waals surface area contributed by atoms with Crippen molar-refractivity contribution >= 4 is 58.4 Å². The molecule has 5 heteroatoms. The van der Waals surface area contributed by atoms with Crippen LogP contribution in [0.4, 0.5) is 21.5 Å². The molecular weight excluding hydrogens is 494 g/mol. The van der Waals surface area contributed by atoms with Gasteiger partial charge in [-0.25, -0.2) is 0 Å². The second-order valence-corrected chi connectivity index (χ2v) is 8.09. The molecule has 1 unspecified atom stereocenters. The monoisotopic (exact) mass is 514 g/mol. The fraction of sp³-hybridized carbons (Fsp3) is 0.0833. The van der Waals surface area contributed by atoms with Crippen LogP contribution in [0.5, 0.6) is 0 Å². The first-order valence-corrected chi connectivity index (χ1v) is 10.1. The van der Waals surface area contributed by atoms with Crippen molar-refractivity contribution in [1.82, 2.24) is 0 Å². The SMILES string of the molecule is Cc1cccc2c1NC(C=C1C=C(F)N(c3ccccc3)c3ccccc31)S2.I. The summed E-state index contributed by atoms with van der Waals surface area (Å²) in [7, 11) is 0. The molecule has 0 fully saturated rings. The van der Waals surface area contributed by atoms with Crippen LogP contribution >= 0.6 is 35.7 Å². The highest BCUT2D eigenvalue weighted by molar-refractivity contribution is 14.0. The molecule has 0 bridgehead atoms. The van der Waals surface area contributed by atoms with Gasteiger partial charge in [-0.2, -0.15) is 4.39 Å². The molecule has 146 valence electrons. The molecule has 0 aromatic heterocycles. The van der Waals surface area contributed by atoms with Crippen LogP contribution in [-0.2, 0) is 0 Å². The number of halogens is 2. The summed E-state index contributed by atoms with van der Waals surface area (Å²) >= 11 is 1.76. The maximum Gasteiger partial charge on any atom is 0.199 e. The van der Waals surface area contributed by atoms with Gasteiger partial charge in [-0.15, -0.1) is 24.0 Å². The first-order chi connectivity index (χ1) is 13.7. The van der Waals surface area contributed by atoms with Crippen LogP contribution < -0.4 is 10.2 Å². The molecule has 0 radical (unpaired) electrons. The van der Waals surface area contributed by atoms with E-state index in [0.29, 0.717) is 0 Å². The Morgan fingerprint density at radius 2 is 1.72 bits per heavy atom. The van der Waals surface area contributed by atoms with E-state index < -0.39 is 0 Å². The number of para-hydroxylation sites is 3. The van der Waals surface area contributed by atoms with Gasteiger partial charge in [-0.1, -0.05) is 60.3 Å². The summed E-state index contributed by atoms with van der Waals surface area (Å²) < 4.78 is 15.2. The zero-order valence-corrected chi connectivity index (χ0v) is 18.9. The van der Waals surface area contributed by atoms with Crippen LogP contribution in [0.3, 0.4) is 0 Å². The molecule has 3 aromatic rings. The molecule has 1 atom stereocenters. The molecule has 2 nitrogen and oxygen atoms in total. The van der Waals surface area contributed by atoms with Gasteiger partial charge in [0.1, 0.15) is 0 Å². The van der Waals surface area contributed by atoms with Crippen molar-refractivity contribution in [1.29, 1.82) is 0 Å². The van der Waals surface area contributed by atoms with Gasteiger partial charge < -0.3 is 5.32 Å². The lowest BCUT2D eigenvalue weighted by molar-refractivity contribution is 0.616. The van der Waals surface area contributed by atoms with Crippen LogP contribution in [0.1, 0.15) is 11.1 Å². The number of thioether (sulfide) groups is 1. The predicted molar refractivity (Wildman–Crippen MR) is 132 cm³/mol. The molecule has 2 heterocycles. The molecule has 0 amide bonds. The normalized spacial score (nSPS) is 18.4. The van der Waals surface area contributed by atoms with E-state index in [1.807, 2.05) is 48.5 Å². The average Bonchev–Trinajstić information content (AvgIpc) is 3.13. The summed E-state index contributed by atoms with van der Waals surface area (Å²) in [6.45, 7) is 2.11. The van der Waals surface area contributed by atoms with E-state index in [2.05, 4.69) is 42.6 Å². The smallest absolute Gasteiger partial charge is 0.199 e. The van der Waals surface area contributed by atoms with Crippen molar-refractivity contribution in [2.75, 3.05) is 10.2 Å². The van der Waals surface area contributed by atoms with Crippen LogP contribution in [0.25, 0.3) is 5.57 Å². The van der Waals surface area contributed by atoms with Crippen molar-refractivity contribution in [3.8, 4) is 0 Å². The van der Waals surface area contributed by atoms with Gasteiger partial charge in [0.2, 0.25) is 0 Å². The molecule has 1 N–H and O–H groups in total. The highest BCUT2D eigenvalue weighted by Crippen LogP contribution is 2.45. The van der Waals surface area contributed by atoms with Crippen molar-refractivity contribution in [2.45, 2.75) is 17.2 Å². The van der Waals surface area contributed by atoms with E-state index in [1.54, 1.807) is 22.7 Å². The number of aryl methyl sites for hydroxylation is 1. The van der Waals surface area contributed by atoms with Crippen molar-refractivity contribution in [2.24, 2.45) is 0 Å². The van der Waals surface area contributed by atoms with E-state index in [0.717, 1.165) is 22.5 Å². The maximum absolute atomic E-state index is 15.2. The Balaban J connectivity index is 0.00000205. The zero-order valence-electron chi connectivity index (χ0n) is 15.8. The summed E-state index contributed by atoms with van der Waals surface area (Å²) in [5.74, 6) is -0.271. The highest BCUT2D eigenvalue weighted by atomic mass is 127. The lowest BCUT2D eigenvalue weighted by Gasteiger charge is -2.29. The van der Waals surface area contributed by atoms with Gasteiger partial charge >= 0.3 is 0 Å². The first kappa shape index (κ1) is 20.0. The molecule has 0 aliphatic carbocycles. The molecule has 3 aromatic carbocycles. The summed E-state index contributed by atoms with van der Waals surface area (Å²) in [5, 5.41) is 3.64. The van der Waals surface area contributed by atoms with Crippen molar-refractivity contribution in [3.63, 3.8) is 0 Å². The topological polar surface area (TPSA) is 15.3 Å². The summed E-state index contributed by atoms with van der Waals surface area (Å²) in [6, 6.07) is 23.9. The number of rotatable bonds is 2. The quantitative estimate of drug-likeness (QED) is 0.282. The summed E-state index contributed by atoms with van der Waals surface area (Å²) in [4.78, 5) is 2.90. The molecule has 2 aliphatic rings. The summed E-state index contributed by atoms with van der Waals surface area (Å²) in [5.41, 5.74) is 6.01. The van der Waals surface area contributed by atoms with Gasteiger partial charge in [0.25, 0.3) is 0 Å². The summed E-state index contributed by atoms with van der Waals surface area (Å²) in [6.07, 6.45) is 3.75. The Labute approximate surface area is 191 Å². The minimum atomic E-state index is -0.271. The number of benzene rings is 3. The number of allylic oxidation sites excluding steroid dienone is 2. The minimum absolute atomic E-state index is 0. The largest absolute Gasteiger partial charge is 0.369 e. The van der Waals surface area contributed by atoms with E-state index in [1.165, 1.54) is 16.1 Å². The number of nitrogens with zero attached hydrogens (tertiary/aromatic N) is 1. The van der Waals surface area contributed by atoms with Gasteiger partial charge in [-0.05, 0) is 54.5 Å². The van der Waals surface area contributed by atoms with Crippen LogP contribution in [0.2, 0.25) is 0 Å². The van der Waals surface area contributed by atoms with Crippen LogP contribution in [-0.4, -0.2) is 5.37 Å². The molecule has 2 aliphatic heterocycles. The Kier molecular flexibility index (Phi) is 5.69. The van der Waals surface area contributed by atoms with Gasteiger partial charge in [0.15, 0.2) is 5.95 Å². The molecule has 0 spiro atoms. The Bertz CT molecular complexity index is 1110. The standard InChI is InChI=1S/C24H19FN2S.HI/c1-16-8-7-13-21-24(16)26-23(28-21)15-17-14-22(25)27(18-9-3-2-4-10-18)20-12-6-5-11-19(17)20;/h2-15,23,26H,1H3;1H. The molecule has 0 saturated heterocycles. The number of anilines is 3. The highest BCUT2D eigenvalue weighted by Gasteiger charge is 2.26. The second kappa shape index (κ2) is 8.24. The van der Waals surface area contributed by atoms with Gasteiger partial charge in [-0.3, -0.25) is 4.90 Å². The number of hydrogen-bond acceptors (Lipinski definition) is 3. The van der Waals surface area contributed by atoms with Crippen LogP contribution in [0, 0.1) is 6.92 Å². The Hall–Kier alpha value is -2.25. The first-order valence-electron chi connectivity index (χ1n) is 9.27. The van der Waals surface area contributed by atoms with Crippen LogP contribution in [0.15, 0.2) is 95.8 Å². The fourth-order valence-electron chi connectivity index (χ4n) is 3.75. The third-order valence-corrected chi connectivity index (χ3v) is 6.17. The second-order valence-electron chi connectivity index (χ2n) is 6.91. The van der Waals surface area contributed by atoms with Gasteiger partial charge in [0, 0.05) is 16.1 Å². The van der Waals surface area contributed by atoms with Crippen molar-refractivity contribution < 1.29 is 4.39 Å². The lowest BCUT2D eigenvalue weighted by Crippen LogP contribution is -2.19. The Morgan fingerprint density at radius 3 is 2.52 bits per heavy atom. The molecule has 5 rings (SSSR count). The average molecular weight is 514 g/mol. The third kappa shape index (κ3) is 3.69. The maximum atomic E-state index is 15.2. The zero-order chi connectivity index (χ0) is 19.1. The van der Waals surface area contributed by atoms with E-state index in [9.17, 15) is 0 Å².